The van der Waals surface area contributed by atoms with E-state index in [4.69, 9.17) is 0 Å². The summed E-state index contributed by atoms with van der Waals surface area (Å²) in [6.07, 6.45) is 2.00. The zero-order valence-electron chi connectivity index (χ0n) is 10.5. The molecule has 0 fully saturated rings. The van der Waals surface area contributed by atoms with E-state index in [-0.39, 0.29) is 0 Å². The van der Waals surface area contributed by atoms with Gasteiger partial charge in [-0.3, -0.25) is 0 Å². The Morgan fingerprint density at radius 2 is 0.846 bits per heavy atom. The molecule has 0 rings (SSSR count). The van der Waals surface area contributed by atoms with Crippen molar-refractivity contribution in [2.45, 2.75) is 13.8 Å². The molecular weight excluding hydrogens is 269 g/mol. The van der Waals surface area contributed by atoms with Gasteiger partial charge in [-0.2, -0.15) is 0 Å². The molecule has 0 unspecified atom stereocenters. The first-order chi connectivity index (χ1) is 5.88. The molecule has 0 spiro atoms. The predicted molar refractivity (Wildman–Crippen MR) is 63.9 cm³/mol. The van der Waals surface area contributed by atoms with E-state index in [0.29, 0.717) is 0 Å². The normalized spacial score (nSPS) is 11.1. The number of hydrogen-bond donors (Lipinski definition) is 0. The van der Waals surface area contributed by atoms with Crippen LogP contribution in [-0.2, 0) is 0 Å². The first kappa shape index (κ1) is 16.1. The summed E-state index contributed by atoms with van der Waals surface area (Å²) in [6.45, 7) is 4.00. The summed E-state index contributed by atoms with van der Waals surface area (Å²) in [6, 6.07) is 0. The van der Waals surface area contributed by atoms with Crippen molar-refractivity contribution in [3.63, 3.8) is 0 Å². The summed E-state index contributed by atoms with van der Waals surface area (Å²) in [5.41, 5.74) is 0. The van der Waals surface area contributed by atoms with E-state index >= 15 is 0 Å². The summed E-state index contributed by atoms with van der Waals surface area (Å²) in [5, 5.41) is 0. The maximum atomic E-state index is 2.38. The van der Waals surface area contributed by atoms with Gasteiger partial charge in [0.2, 0.25) is 0 Å². The van der Waals surface area contributed by atoms with Crippen molar-refractivity contribution >= 4 is 20.6 Å². The van der Waals surface area contributed by atoms with E-state index in [0.717, 1.165) is 0 Å². The second-order valence-corrected chi connectivity index (χ2v) is 14.6. The van der Waals surface area contributed by atoms with E-state index in [9.17, 15) is 0 Å². The predicted octanol–water partition coefficient (Wildman–Crippen LogP) is 0.619. The zero-order chi connectivity index (χ0) is 11.0. The Morgan fingerprint density at radius 1 is 0.692 bits per heavy atom. The van der Waals surface area contributed by atoms with Gasteiger partial charge >= 0.3 is 72.2 Å². The molecule has 0 aliphatic rings. The zero-order valence-corrected chi connectivity index (χ0v) is 13.8. The molecule has 0 atom stereocenters. The van der Waals surface area contributed by atoms with Crippen LogP contribution in [0.5, 0.6) is 0 Å². The van der Waals surface area contributed by atoms with Gasteiger partial charge in [0.25, 0.3) is 0 Å². The fourth-order valence-electron chi connectivity index (χ4n) is 1.39. The molecule has 0 aromatic rings. The molecule has 4 heteroatoms. The number of rotatable bonds is 3. The van der Waals surface area contributed by atoms with Gasteiger partial charge in [-0.1, -0.05) is 13.8 Å². The molecule has 13 heavy (non-hydrogen) atoms. The van der Waals surface area contributed by atoms with Crippen molar-refractivity contribution in [2.75, 3.05) is 42.3 Å². The standard InChI is InChI=1S/C3H7.3C2H6N.Sn.H/c4*1-3-2;;/h3H,1-2H3;3*1-2H3;;/q;3*-1;+3;. The SMILES string of the molecule is C[CH]C.C[N](C)[SnH]([N](C)C)[N](C)C. The summed E-state index contributed by atoms with van der Waals surface area (Å²) in [4.78, 5) is 0. The van der Waals surface area contributed by atoms with Gasteiger partial charge in [-0.15, -0.1) is 0 Å². The van der Waals surface area contributed by atoms with Crippen LogP contribution in [0.4, 0.5) is 0 Å². The van der Waals surface area contributed by atoms with Crippen LogP contribution in [0.15, 0.2) is 0 Å². The van der Waals surface area contributed by atoms with Crippen LogP contribution in [0.2, 0.25) is 0 Å². The van der Waals surface area contributed by atoms with Crippen molar-refractivity contribution in [2.24, 2.45) is 0 Å². The quantitative estimate of drug-likeness (QED) is 0.707. The summed E-state index contributed by atoms with van der Waals surface area (Å²) < 4.78 is 7.13. The molecule has 0 aliphatic heterocycles. The van der Waals surface area contributed by atoms with E-state index in [1.165, 1.54) is 0 Å². The molecule has 81 valence electrons. The fourth-order valence-corrected chi connectivity index (χ4v) is 9.30. The third-order valence-electron chi connectivity index (χ3n) is 1.39. The van der Waals surface area contributed by atoms with E-state index in [1.54, 1.807) is 0 Å². The minimum absolute atomic E-state index is 1.64. The third-order valence-corrected chi connectivity index (χ3v) is 9.30. The Bertz CT molecular complexity index is 86.0. The first-order valence-electron chi connectivity index (χ1n) is 4.61. The van der Waals surface area contributed by atoms with Crippen molar-refractivity contribution < 1.29 is 0 Å². The van der Waals surface area contributed by atoms with Crippen LogP contribution in [0.3, 0.4) is 0 Å². The molecule has 0 N–H and O–H groups in total. The summed E-state index contributed by atoms with van der Waals surface area (Å²) >= 11 is -1.64. The van der Waals surface area contributed by atoms with Crippen LogP contribution in [-0.4, -0.2) is 72.2 Å². The Balaban J connectivity index is 0. The fraction of sp³-hybridized carbons (Fsp3) is 0.889. The average Bonchev–Trinajstić information content (AvgIpc) is 1.84. The van der Waals surface area contributed by atoms with Crippen molar-refractivity contribution in [3.8, 4) is 0 Å². The van der Waals surface area contributed by atoms with Gasteiger partial charge in [-0.05, 0) is 6.42 Å². The first-order valence-corrected chi connectivity index (χ1v) is 9.03. The molecule has 0 aromatic heterocycles. The van der Waals surface area contributed by atoms with Crippen LogP contribution < -0.4 is 0 Å². The molecule has 0 amide bonds. The van der Waals surface area contributed by atoms with Crippen molar-refractivity contribution in [1.29, 1.82) is 0 Å². The number of hydrogen-bond acceptors (Lipinski definition) is 3. The van der Waals surface area contributed by atoms with Gasteiger partial charge in [-0.25, -0.2) is 0 Å². The third kappa shape index (κ3) is 8.99. The Kier molecular flexibility index (Phi) is 11.5. The van der Waals surface area contributed by atoms with E-state index in [1.807, 2.05) is 20.3 Å². The minimum atomic E-state index is -1.64. The number of nitrogens with zero attached hydrogens (tertiary/aromatic N) is 3. The van der Waals surface area contributed by atoms with Gasteiger partial charge in [0.05, 0.1) is 0 Å². The summed E-state index contributed by atoms with van der Waals surface area (Å²) in [7, 11) is 13.0. The Morgan fingerprint density at radius 3 is 0.846 bits per heavy atom. The topological polar surface area (TPSA) is 9.72 Å². The van der Waals surface area contributed by atoms with Gasteiger partial charge in [0.1, 0.15) is 0 Å². The monoisotopic (exact) mass is 296 g/mol. The molecule has 0 bridgehead atoms. The van der Waals surface area contributed by atoms with Gasteiger partial charge in [0.15, 0.2) is 0 Å². The Labute approximate surface area is 92.5 Å². The molecule has 1 radical (unpaired) electrons. The van der Waals surface area contributed by atoms with Crippen LogP contribution >= 0.6 is 0 Å². The van der Waals surface area contributed by atoms with E-state index in [2.05, 4.69) is 51.7 Å². The second-order valence-electron chi connectivity index (χ2n) is 3.81. The second kappa shape index (κ2) is 9.24. The molecule has 3 nitrogen and oxygen atoms in total. The Hall–Kier alpha value is 0.679. The average molecular weight is 295 g/mol. The molecular formula is C9H26N3Sn. The van der Waals surface area contributed by atoms with Crippen LogP contribution in [0.25, 0.3) is 0 Å². The van der Waals surface area contributed by atoms with Gasteiger partial charge < -0.3 is 0 Å². The summed E-state index contributed by atoms with van der Waals surface area (Å²) in [5.74, 6) is 0. The van der Waals surface area contributed by atoms with Crippen LogP contribution in [0, 0.1) is 6.42 Å². The van der Waals surface area contributed by atoms with Crippen LogP contribution in [0.1, 0.15) is 13.8 Å². The van der Waals surface area contributed by atoms with Gasteiger partial charge in [0, 0.05) is 0 Å². The molecule has 0 saturated carbocycles. The van der Waals surface area contributed by atoms with Crippen molar-refractivity contribution in [3.05, 3.63) is 6.42 Å². The maximum absolute atomic E-state index is 2.38. The van der Waals surface area contributed by atoms with E-state index < -0.39 is 20.6 Å². The molecule has 0 heterocycles. The molecule has 0 saturated heterocycles. The molecule has 0 aliphatic carbocycles. The molecule has 0 aromatic carbocycles. The van der Waals surface area contributed by atoms with Crippen molar-refractivity contribution in [1.82, 2.24) is 9.36 Å².